The minimum absolute atomic E-state index is 0.535. The van der Waals surface area contributed by atoms with Crippen LogP contribution in [0.5, 0.6) is 0 Å². The zero-order valence-corrected chi connectivity index (χ0v) is 10.8. The Kier molecular flexibility index (Phi) is 2.72. The van der Waals surface area contributed by atoms with Gasteiger partial charge in [-0.25, -0.2) is 0 Å². The molecule has 0 bridgehead atoms. The van der Waals surface area contributed by atoms with Crippen molar-refractivity contribution in [2.45, 2.75) is 24.1 Å². The van der Waals surface area contributed by atoms with Crippen LogP contribution in [-0.4, -0.2) is 0 Å². The monoisotopic (exact) mass is 274 g/mol. The first-order chi connectivity index (χ1) is 7.86. The molecule has 1 saturated carbocycles. The van der Waals surface area contributed by atoms with E-state index in [2.05, 4.69) is 58.4 Å². The van der Waals surface area contributed by atoms with Crippen LogP contribution in [0.15, 0.2) is 42.5 Å². The lowest BCUT2D eigenvalue weighted by atomic mass is 9.80. The van der Waals surface area contributed by atoms with E-state index in [1.807, 2.05) is 0 Å². The van der Waals surface area contributed by atoms with Gasteiger partial charge in [-0.05, 0) is 35.1 Å². The molecular formula is C15H15Br. The summed E-state index contributed by atoms with van der Waals surface area (Å²) in [6, 6.07) is 15.3. The van der Waals surface area contributed by atoms with Gasteiger partial charge in [0.05, 0.1) is 0 Å². The normalized spacial score (nSPS) is 18.3. The molecule has 1 heteroatoms. The van der Waals surface area contributed by atoms with Gasteiger partial charge >= 0.3 is 0 Å². The molecule has 0 saturated heterocycles. The van der Waals surface area contributed by atoms with Crippen LogP contribution in [0.1, 0.15) is 29.7 Å². The molecule has 3 rings (SSSR count). The van der Waals surface area contributed by atoms with Gasteiger partial charge in [-0.3, -0.25) is 0 Å². The Morgan fingerprint density at radius 2 is 1.75 bits per heavy atom. The van der Waals surface area contributed by atoms with E-state index in [-0.39, 0.29) is 0 Å². The molecule has 0 aliphatic heterocycles. The predicted molar refractivity (Wildman–Crippen MR) is 73.0 cm³/mol. The van der Waals surface area contributed by atoms with E-state index < -0.39 is 0 Å². The van der Waals surface area contributed by atoms with Crippen LogP contribution in [-0.2, 0) is 0 Å². The van der Waals surface area contributed by atoms with Crippen LogP contribution in [0, 0.1) is 5.92 Å². The summed E-state index contributed by atoms with van der Waals surface area (Å²) in [5.41, 5.74) is 1.46. The maximum atomic E-state index is 3.88. The molecule has 1 unspecified atom stereocenters. The lowest BCUT2D eigenvalue weighted by molar-refractivity contribution is 0.313. The SMILES string of the molecule is BrC(c1cccc2ccccc12)C1CCC1. The van der Waals surface area contributed by atoms with E-state index in [1.165, 1.54) is 35.6 Å². The third-order valence-electron chi connectivity index (χ3n) is 3.68. The molecule has 0 N–H and O–H groups in total. The topological polar surface area (TPSA) is 0 Å². The third kappa shape index (κ3) is 1.67. The number of hydrogen-bond donors (Lipinski definition) is 0. The van der Waals surface area contributed by atoms with Crippen molar-refractivity contribution in [1.82, 2.24) is 0 Å². The summed E-state index contributed by atoms with van der Waals surface area (Å²) in [4.78, 5) is 0.535. The Bertz CT molecular complexity index is 494. The fourth-order valence-electron chi connectivity index (χ4n) is 2.48. The lowest BCUT2D eigenvalue weighted by Crippen LogP contribution is -2.16. The Labute approximate surface area is 105 Å². The van der Waals surface area contributed by atoms with Gasteiger partial charge in [0.1, 0.15) is 0 Å². The molecule has 1 atom stereocenters. The number of hydrogen-bond acceptors (Lipinski definition) is 0. The summed E-state index contributed by atoms with van der Waals surface area (Å²) in [6.45, 7) is 0. The van der Waals surface area contributed by atoms with E-state index >= 15 is 0 Å². The zero-order chi connectivity index (χ0) is 11.0. The van der Waals surface area contributed by atoms with Crippen molar-refractivity contribution in [2.24, 2.45) is 5.92 Å². The Balaban J connectivity index is 2.08. The molecule has 1 aliphatic rings. The van der Waals surface area contributed by atoms with Crippen molar-refractivity contribution in [3.05, 3.63) is 48.0 Å². The molecule has 0 radical (unpaired) electrons. The largest absolute Gasteiger partial charge is 0.0836 e. The van der Waals surface area contributed by atoms with E-state index in [0.717, 1.165) is 5.92 Å². The average Bonchev–Trinajstić information content (AvgIpc) is 2.26. The quantitative estimate of drug-likeness (QED) is 0.671. The average molecular weight is 275 g/mol. The van der Waals surface area contributed by atoms with Gasteiger partial charge < -0.3 is 0 Å². The van der Waals surface area contributed by atoms with Crippen LogP contribution in [0.3, 0.4) is 0 Å². The summed E-state index contributed by atoms with van der Waals surface area (Å²) in [7, 11) is 0. The molecule has 16 heavy (non-hydrogen) atoms. The van der Waals surface area contributed by atoms with Gasteiger partial charge in [-0.15, -0.1) is 0 Å². The molecule has 2 aromatic carbocycles. The number of fused-ring (bicyclic) bond motifs is 1. The minimum Gasteiger partial charge on any atom is -0.0836 e. The fraction of sp³-hybridized carbons (Fsp3) is 0.333. The number of halogens is 1. The van der Waals surface area contributed by atoms with Gasteiger partial charge in [0.25, 0.3) is 0 Å². The Morgan fingerprint density at radius 3 is 2.50 bits per heavy atom. The number of rotatable bonds is 2. The number of benzene rings is 2. The highest BCUT2D eigenvalue weighted by Gasteiger charge is 2.27. The van der Waals surface area contributed by atoms with Crippen LogP contribution in [0.25, 0.3) is 10.8 Å². The van der Waals surface area contributed by atoms with Crippen molar-refractivity contribution in [2.75, 3.05) is 0 Å². The first kappa shape index (κ1) is 10.3. The molecule has 0 aromatic heterocycles. The second-order valence-corrected chi connectivity index (χ2v) is 5.65. The van der Waals surface area contributed by atoms with Crippen LogP contribution < -0.4 is 0 Å². The second kappa shape index (κ2) is 4.21. The highest BCUT2D eigenvalue weighted by atomic mass is 79.9. The van der Waals surface area contributed by atoms with Gasteiger partial charge in [0.2, 0.25) is 0 Å². The van der Waals surface area contributed by atoms with Crippen molar-refractivity contribution < 1.29 is 0 Å². The van der Waals surface area contributed by atoms with Crippen LogP contribution >= 0.6 is 15.9 Å². The van der Waals surface area contributed by atoms with Crippen molar-refractivity contribution in [3.63, 3.8) is 0 Å². The van der Waals surface area contributed by atoms with E-state index in [4.69, 9.17) is 0 Å². The Hall–Kier alpha value is -0.820. The third-order valence-corrected chi connectivity index (χ3v) is 4.93. The standard InChI is InChI=1S/C15H15Br/c16-15(12-7-3-8-12)14-10-4-6-11-5-1-2-9-13(11)14/h1-2,4-6,9-10,12,15H,3,7-8H2. The molecule has 0 spiro atoms. The molecule has 82 valence electrons. The number of alkyl halides is 1. The molecule has 0 heterocycles. The van der Waals surface area contributed by atoms with Crippen molar-refractivity contribution in [1.29, 1.82) is 0 Å². The molecular weight excluding hydrogens is 260 g/mol. The molecule has 2 aromatic rings. The van der Waals surface area contributed by atoms with E-state index in [9.17, 15) is 0 Å². The molecule has 1 fully saturated rings. The van der Waals surface area contributed by atoms with Gasteiger partial charge in [-0.2, -0.15) is 0 Å². The lowest BCUT2D eigenvalue weighted by Gasteiger charge is -2.31. The van der Waals surface area contributed by atoms with Crippen molar-refractivity contribution in [3.8, 4) is 0 Å². The molecule has 0 nitrogen and oxygen atoms in total. The molecule has 0 amide bonds. The van der Waals surface area contributed by atoms with Gasteiger partial charge in [0.15, 0.2) is 0 Å². The molecule has 1 aliphatic carbocycles. The summed E-state index contributed by atoms with van der Waals surface area (Å²) in [5.74, 6) is 0.839. The summed E-state index contributed by atoms with van der Waals surface area (Å²) < 4.78 is 0. The highest BCUT2D eigenvalue weighted by Crippen LogP contribution is 2.44. The van der Waals surface area contributed by atoms with Crippen LogP contribution in [0.2, 0.25) is 0 Å². The summed E-state index contributed by atoms with van der Waals surface area (Å²) >= 11 is 3.88. The summed E-state index contributed by atoms with van der Waals surface area (Å²) in [6.07, 6.45) is 4.15. The fourth-order valence-corrected chi connectivity index (χ4v) is 3.41. The first-order valence-electron chi connectivity index (χ1n) is 5.98. The Morgan fingerprint density at radius 1 is 1.00 bits per heavy atom. The van der Waals surface area contributed by atoms with E-state index in [0.29, 0.717) is 4.83 Å². The zero-order valence-electron chi connectivity index (χ0n) is 9.20. The smallest absolute Gasteiger partial charge is 0.0429 e. The summed E-state index contributed by atoms with van der Waals surface area (Å²) in [5, 5.41) is 2.75. The maximum absolute atomic E-state index is 3.88. The minimum atomic E-state index is 0.535. The van der Waals surface area contributed by atoms with Crippen LogP contribution in [0.4, 0.5) is 0 Å². The maximum Gasteiger partial charge on any atom is 0.0429 e. The highest BCUT2D eigenvalue weighted by molar-refractivity contribution is 9.09. The van der Waals surface area contributed by atoms with Gasteiger partial charge in [-0.1, -0.05) is 64.8 Å². The van der Waals surface area contributed by atoms with Crippen molar-refractivity contribution >= 4 is 26.7 Å². The second-order valence-electron chi connectivity index (χ2n) is 4.66. The predicted octanol–water partition coefficient (Wildman–Crippen LogP) is 5.08. The van der Waals surface area contributed by atoms with Gasteiger partial charge in [0, 0.05) is 4.83 Å². The first-order valence-corrected chi connectivity index (χ1v) is 6.89. The van der Waals surface area contributed by atoms with E-state index in [1.54, 1.807) is 0 Å².